The fourth-order valence-corrected chi connectivity index (χ4v) is 1.43. The lowest BCUT2D eigenvalue weighted by molar-refractivity contribution is 0.0146. The van der Waals surface area contributed by atoms with Crippen LogP contribution in [0.5, 0.6) is 0 Å². The summed E-state index contributed by atoms with van der Waals surface area (Å²) < 4.78 is 30.4. The molecule has 0 aliphatic heterocycles. The third-order valence-electron chi connectivity index (χ3n) is 2.25. The molecule has 1 heterocycles. The van der Waals surface area contributed by atoms with Crippen LogP contribution in [0.15, 0.2) is 12.5 Å². The Labute approximate surface area is 100.0 Å². The van der Waals surface area contributed by atoms with E-state index in [0.717, 1.165) is 25.2 Å². The normalized spacial score (nSPS) is 11.3. The Bertz CT molecular complexity index is 305. The van der Waals surface area contributed by atoms with E-state index in [1.54, 1.807) is 12.5 Å². The zero-order chi connectivity index (χ0) is 12.5. The lowest BCUT2D eigenvalue weighted by atomic mass is 10.4. The summed E-state index contributed by atoms with van der Waals surface area (Å²) in [6.07, 6.45) is 2.14. The minimum Gasteiger partial charge on any atom is -0.374 e. The van der Waals surface area contributed by atoms with Gasteiger partial charge in [0, 0.05) is 19.3 Å². The molecule has 0 unspecified atom stereocenters. The van der Waals surface area contributed by atoms with Gasteiger partial charge in [-0.2, -0.15) is 0 Å². The van der Waals surface area contributed by atoms with Gasteiger partial charge >= 0.3 is 0 Å². The second kappa shape index (κ2) is 8.14. The van der Waals surface area contributed by atoms with Crippen molar-refractivity contribution in [2.75, 3.05) is 19.8 Å². The number of ether oxygens (including phenoxy) is 1. The van der Waals surface area contributed by atoms with Gasteiger partial charge in [-0.25, -0.2) is 13.8 Å². The number of rotatable bonds is 9. The van der Waals surface area contributed by atoms with Crippen LogP contribution in [0.25, 0.3) is 0 Å². The standard InChI is InChI=1S/C11H19F2N3O/c1-2-3-14-6-10-7-15-9-16(10)4-5-17-8-11(12)13/h7,9,11,14H,2-6,8H2,1H3. The molecule has 98 valence electrons. The third kappa shape index (κ3) is 5.74. The predicted molar refractivity (Wildman–Crippen MR) is 61.0 cm³/mol. The molecule has 0 saturated heterocycles. The molecule has 0 fully saturated rings. The van der Waals surface area contributed by atoms with E-state index < -0.39 is 13.0 Å². The zero-order valence-electron chi connectivity index (χ0n) is 10.0. The van der Waals surface area contributed by atoms with E-state index >= 15 is 0 Å². The molecule has 0 saturated carbocycles. The fraction of sp³-hybridized carbons (Fsp3) is 0.727. The molecule has 17 heavy (non-hydrogen) atoms. The smallest absolute Gasteiger partial charge is 0.261 e. The molecule has 1 aromatic rings. The SMILES string of the molecule is CCCNCc1cncn1CCOCC(F)F. The van der Waals surface area contributed by atoms with Crippen molar-refractivity contribution in [2.45, 2.75) is 32.9 Å². The van der Waals surface area contributed by atoms with Gasteiger partial charge in [0.15, 0.2) is 0 Å². The second-order valence-electron chi connectivity index (χ2n) is 3.72. The first-order valence-corrected chi connectivity index (χ1v) is 5.79. The predicted octanol–water partition coefficient (Wildman–Crippen LogP) is 1.66. The summed E-state index contributed by atoms with van der Waals surface area (Å²) in [4.78, 5) is 4.03. The first-order chi connectivity index (χ1) is 8.24. The Morgan fingerprint density at radius 1 is 1.53 bits per heavy atom. The molecule has 0 aliphatic carbocycles. The van der Waals surface area contributed by atoms with Crippen molar-refractivity contribution in [3.8, 4) is 0 Å². The molecule has 6 heteroatoms. The zero-order valence-corrected chi connectivity index (χ0v) is 10.0. The average Bonchev–Trinajstić information content (AvgIpc) is 2.72. The number of nitrogens with zero attached hydrogens (tertiary/aromatic N) is 2. The molecule has 1 aromatic heterocycles. The van der Waals surface area contributed by atoms with Crippen LogP contribution in [0.4, 0.5) is 8.78 Å². The molecule has 0 atom stereocenters. The number of nitrogens with one attached hydrogen (secondary N) is 1. The van der Waals surface area contributed by atoms with Crippen LogP contribution in [0.2, 0.25) is 0 Å². The summed E-state index contributed by atoms with van der Waals surface area (Å²) in [5.41, 5.74) is 1.04. The van der Waals surface area contributed by atoms with Crippen LogP contribution in [0.3, 0.4) is 0 Å². The van der Waals surface area contributed by atoms with E-state index in [1.165, 1.54) is 0 Å². The first-order valence-electron chi connectivity index (χ1n) is 5.79. The summed E-state index contributed by atoms with van der Waals surface area (Å²) >= 11 is 0. The van der Waals surface area contributed by atoms with Crippen LogP contribution in [0, 0.1) is 0 Å². The molecule has 0 amide bonds. The Kier molecular flexibility index (Phi) is 6.73. The number of alkyl halides is 2. The number of halogens is 2. The van der Waals surface area contributed by atoms with Crippen LogP contribution < -0.4 is 5.32 Å². The van der Waals surface area contributed by atoms with Crippen molar-refractivity contribution < 1.29 is 13.5 Å². The summed E-state index contributed by atoms with van der Waals surface area (Å²) in [5, 5.41) is 3.26. The topological polar surface area (TPSA) is 39.1 Å². The molecular weight excluding hydrogens is 228 g/mol. The van der Waals surface area contributed by atoms with Gasteiger partial charge in [-0.05, 0) is 13.0 Å². The number of aromatic nitrogens is 2. The van der Waals surface area contributed by atoms with E-state index in [1.807, 2.05) is 4.57 Å². The Morgan fingerprint density at radius 3 is 3.06 bits per heavy atom. The highest BCUT2D eigenvalue weighted by Crippen LogP contribution is 2.00. The summed E-state index contributed by atoms with van der Waals surface area (Å²) in [5.74, 6) is 0. The molecule has 0 spiro atoms. The Hall–Kier alpha value is -1.01. The van der Waals surface area contributed by atoms with Gasteiger partial charge < -0.3 is 14.6 Å². The van der Waals surface area contributed by atoms with E-state index in [9.17, 15) is 8.78 Å². The number of hydrogen-bond donors (Lipinski definition) is 1. The van der Waals surface area contributed by atoms with Gasteiger partial charge in [0.1, 0.15) is 6.61 Å². The highest BCUT2D eigenvalue weighted by Gasteiger charge is 2.04. The van der Waals surface area contributed by atoms with Crippen molar-refractivity contribution in [2.24, 2.45) is 0 Å². The highest BCUT2D eigenvalue weighted by atomic mass is 19.3. The van der Waals surface area contributed by atoms with E-state index in [-0.39, 0.29) is 6.61 Å². The van der Waals surface area contributed by atoms with Gasteiger partial charge in [-0.15, -0.1) is 0 Å². The maximum absolute atomic E-state index is 11.8. The lowest BCUT2D eigenvalue weighted by Crippen LogP contribution is -2.18. The molecule has 1 N–H and O–H groups in total. The molecule has 0 aromatic carbocycles. The van der Waals surface area contributed by atoms with E-state index in [0.29, 0.717) is 6.54 Å². The lowest BCUT2D eigenvalue weighted by Gasteiger charge is -2.09. The van der Waals surface area contributed by atoms with Crippen LogP contribution >= 0.6 is 0 Å². The van der Waals surface area contributed by atoms with Crippen molar-refractivity contribution in [3.63, 3.8) is 0 Å². The second-order valence-corrected chi connectivity index (χ2v) is 3.72. The summed E-state index contributed by atoms with van der Waals surface area (Å²) in [6.45, 7) is 4.12. The number of imidazole rings is 1. The third-order valence-corrected chi connectivity index (χ3v) is 2.25. The molecule has 1 rings (SSSR count). The fourth-order valence-electron chi connectivity index (χ4n) is 1.43. The van der Waals surface area contributed by atoms with Crippen LogP contribution in [-0.4, -0.2) is 35.7 Å². The van der Waals surface area contributed by atoms with Crippen molar-refractivity contribution in [3.05, 3.63) is 18.2 Å². The van der Waals surface area contributed by atoms with Crippen LogP contribution in [-0.2, 0) is 17.8 Å². The maximum atomic E-state index is 11.8. The van der Waals surface area contributed by atoms with Crippen molar-refractivity contribution in [1.82, 2.24) is 14.9 Å². The highest BCUT2D eigenvalue weighted by molar-refractivity contribution is 4.97. The molecule has 0 bridgehead atoms. The van der Waals surface area contributed by atoms with Gasteiger partial charge in [-0.3, -0.25) is 0 Å². The van der Waals surface area contributed by atoms with Crippen LogP contribution in [0.1, 0.15) is 19.0 Å². The summed E-state index contributed by atoms with van der Waals surface area (Å²) in [6, 6.07) is 0. The van der Waals surface area contributed by atoms with Gasteiger partial charge in [-0.1, -0.05) is 6.92 Å². The first kappa shape index (κ1) is 14.1. The summed E-state index contributed by atoms with van der Waals surface area (Å²) in [7, 11) is 0. The Morgan fingerprint density at radius 2 is 2.35 bits per heavy atom. The van der Waals surface area contributed by atoms with Gasteiger partial charge in [0.05, 0.1) is 18.6 Å². The maximum Gasteiger partial charge on any atom is 0.261 e. The van der Waals surface area contributed by atoms with Crippen molar-refractivity contribution >= 4 is 0 Å². The largest absolute Gasteiger partial charge is 0.374 e. The minimum atomic E-state index is -2.40. The molecule has 0 aliphatic rings. The average molecular weight is 247 g/mol. The van der Waals surface area contributed by atoms with Crippen molar-refractivity contribution in [1.29, 1.82) is 0 Å². The van der Waals surface area contributed by atoms with Gasteiger partial charge in [0.25, 0.3) is 6.43 Å². The minimum absolute atomic E-state index is 0.279. The monoisotopic (exact) mass is 247 g/mol. The Balaban J connectivity index is 2.25. The van der Waals surface area contributed by atoms with E-state index in [2.05, 4.69) is 17.2 Å². The van der Waals surface area contributed by atoms with Gasteiger partial charge in [0.2, 0.25) is 0 Å². The van der Waals surface area contributed by atoms with E-state index in [4.69, 9.17) is 4.74 Å². The quantitative estimate of drug-likeness (QED) is 0.675. The number of hydrogen-bond acceptors (Lipinski definition) is 3. The molecule has 4 nitrogen and oxygen atoms in total. The molecule has 0 radical (unpaired) electrons. The molecular formula is C11H19F2N3O.